The Bertz CT molecular complexity index is 487. The lowest BCUT2D eigenvalue weighted by Gasteiger charge is -2.31. The fourth-order valence-electron chi connectivity index (χ4n) is 2.17. The van der Waals surface area contributed by atoms with Crippen molar-refractivity contribution in [3.05, 3.63) is 35.4 Å². The zero-order valence-corrected chi connectivity index (χ0v) is 11.4. The maximum absolute atomic E-state index is 12.5. The lowest BCUT2D eigenvalue weighted by Crippen LogP contribution is -2.49. The minimum absolute atomic E-state index is 0.185. The van der Waals surface area contributed by atoms with Gasteiger partial charge in [0.15, 0.2) is 0 Å². The standard InChI is InChI=1S/C14H16F3NO3/c1-20-12-8-21-7-6-11(12)18-13(19)9-2-4-10(5-3-9)14(15,16)17/h2-5,11-12H,6-8H2,1H3,(H,18,19)/t11-,12-/m1/s1. The summed E-state index contributed by atoms with van der Waals surface area (Å²) in [5.41, 5.74) is -0.593. The van der Waals surface area contributed by atoms with E-state index in [0.717, 1.165) is 12.1 Å². The SMILES string of the molecule is CO[C@@H]1COCC[C@H]1NC(=O)c1ccc(C(F)(F)F)cc1. The molecular formula is C14H16F3NO3. The summed E-state index contributed by atoms with van der Waals surface area (Å²) in [5, 5.41) is 2.77. The lowest BCUT2D eigenvalue weighted by molar-refractivity contribution is -0.137. The predicted octanol–water partition coefficient (Wildman–Crippen LogP) is 2.24. The smallest absolute Gasteiger partial charge is 0.379 e. The molecule has 1 aromatic rings. The molecule has 0 aliphatic carbocycles. The maximum atomic E-state index is 12.5. The van der Waals surface area contributed by atoms with Crippen LogP contribution in [0.5, 0.6) is 0 Å². The van der Waals surface area contributed by atoms with Gasteiger partial charge < -0.3 is 14.8 Å². The highest BCUT2D eigenvalue weighted by Crippen LogP contribution is 2.29. The Balaban J connectivity index is 2.03. The summed E-state index contributed by atoms with van der Waals surface area (Å²) in [7, 11) is 1.52. The summed E-state index contributed by atoms with van der Waals surface area (Å²) >= 11 is 0. The van der Waals surface area contributed by atoms with Crippen LogP contribution in [0.2, 0.25) is 0 Å². The zero-order valence-electron chi connectivity index (χ0n) is 11.4. The van der Waals surface area contributed by atoms with Gasteiger partial charge in [-0.2, -0.15) is 13.2 Å². The van der Waals surface area contributed by atoms with E-state index in [2.05, 4.69) is 5.32 Å². The van der Waals surface area contributed by atoms with Gasteiger partial charge >= 0.3 is 6.18 Å². The first-order chi connectivity index (χ1) is 9.91. The summed E-state index contributed by atoms with van der Waals surface area (Å²) in [6.45, 7) is 0.895. The molecule has 1 saturated heterocycles. The molecule has 0 unspecified atom stereocenters. The van der Waals surface area contributed by atoms with Crippen LogP contribution in [0, 0.1) is 0 Å². The Labute approximate surface area is 120 Å². The van der Waals surface area contributed by atoms with Gasteiger partial charge in [-0.25, -0.2) is 0 Å². The van der Waals surface area contributed by atoms with E-state index in [0.29, 0.717) is 19.6 Å². The van der Waals surface area contributed by atoms with Gasteiger partial charge in [-0.15, -0.1) is 0 Å². The average Bonchev–Trinajstić information content (AvgIpc) is 2.47. The molecule has 1 aromatic carbocycles. The Morgan fingerprint density at radius 2 is 2.00 bits per heavy atom. The topological polar surface area (TPSA) is 47.6 Å². The van der Waals surface area contributed by atoms with Crippen molar-refractivity contribution in [3.63, 3.8) is 0 Å². The van der Waals surface area contributed by atoms with Crippen LogP contribution in [0.1, 0.15) is 22.3 Å². The second-order valence-corrected chi connectivity index (χ2v) is 4.79. The number of hydrogen-bond acceptors (Lipinski definition) is 3. The number of rotatable bonds is 3. The van der Waals surface area contributed by atoms with Gasteiger partial charge in [0.25, 0.3) is 5.91 Å². The number of carbonyl (C=O) groups is 1. The largest absolute Gasteiger partial charge is 0.416 e. The average molecular weight is 303 g/mol. The molecule has 116 valence electrons. The van der Waals surface area contributed by atoms with Gasteiger partial charge in [0.05, 0.1) is 18.2 Å². The summed E-state index contributed by atoms with van der Waals surface area (Å²) in [6, 6.07) is 3.91. The number of amides is 1. The molecule has 2 rings (SSSR count). The number of alkyl halides is 3. The molecule has 1 amide bonds. The molecule has 0 bridgehead atoms. The van der Waals surface area contributed by atoms with Gasteiger partial charge in [0.2, 0.25) is 0 Å². The first-order valence-electron chi connectivity index (χ1n) is 6.50. The van der Waals surface area contributed by atoms with Gasteiger partial charge in [-0.1, -0.05) is 0 Å². The Morgan fingerprint density at radius 3 is 2.57 bits per heavy atom. The van der Waals surface area contributed by atoms with Crippen molar-refractivity contribution in [1.82, 2.24) is 5.32 Å². The quantitative estimate of drug-likeness (QED) is 0.931. The van der Waals surface area contributed by atoms with E-state index < -0.39 is 17.6 Å². The summed E-state index contributed by atoms with van der Waals surface area (Å²) < 4.78 is 47.8. The van der Waals surface area contributed by atoms with E-state index in [1.807, 2.05) is 0 Å². The van der Waals surface area contributed by atoms with Crippen LogP contribution in [-0.2, 0) is 15.7 Å². The Hall–Kier alpha value is -1.60. The lowest BCUT2D eigenvalue weighted by atomic mass is 10.0. The molecule has 0 aromatic heterocycles. The third kappa shape index (κ3) is 3.95. The van der Waals surface area contributed by atoms with E-state index in [9.17, 15) is 18.0 Å². The van der Waals surface area contributed by atoms with Gasteiger partial charge in [0.1, 0.15) is 6.10 Å². The number of methoxy groups -OCH3 is 1. The molecule has 0 saturated carbocycles. The van der Waals surface area contributed by atoms with Crippen LogP contribution in [0.4, 0.5) is 13.2 Å². The number of nitrogens with one attached hydrogen (secondary N) is 1. The van der Waals surface area contributed by atoms with Crippen molar-refractivity contribution in [2.45, 2.75) is 24.7 Å². The zero-order chi connectivity index (χ0) is 15.5. The van der Waals surface area contributed by atoms with Crippen molar-refractivity contribution in [3.8, 4) is 0 Å². The molecule has 4 nitrogen and oxygen atoms in total. The fourth-order valence-corrected chi connectivity index (χ4v) is 2.17. The minimum atomic E-state index is -4.41. The van der Waals surface area contributed by atoms with Crippen molar-refractivity contribution < 1.29 is 27.4 Å². The van der Waals surface area contributed by atoms with Gasteiger partial charge in [0, 0.05) is 19.3 Å². The molecule has 1 N–H and O–H groups in total. The second-order valence-electron chi connectivity index (χ2n) is 4.79. The van der Waals surface area contributed by atoms with E-state index in [-0.39, 0.29) is 17.7 Å². The molecular weight excluding hydrogens is 287 g/mol. The molecule has 0 spiro atoms. The molecule has 1 aliphatic heterocycles. The summed E-state index contributed by atoms with van der Waals surface area (Å²) in [4.78, 5) is 12.0. The number of hydrogen-bond donors (Lipinski definition) is 1. The number of halogens is 3. The van der Waals surface area contributed by atoms with E-state index in [1.54, 1.807) is 0 Å². The van der Waals surface area contributed by atoms with Crippen LogP contribution >= 0.6 is 0 Å². The molecule has 1 fully saturated rings. The maximum Gasteiger partial charge on any atom is 0.416 e. The number of carbonyl (C=O) groups excluding carboxylic acids is 1. The van der Waals surface area contributed by atoms with Crippen molar-refractivity contribution in [2.75, 3.05) is 20.3 Å². The van der Waals surface area contributed by atoms with Crippen LogP contribution in [-0.4, -0.2) is 38.4 Å². The van der Waals surface area contributed by atoms with Gasteiger partial charge in [-0.3, -0.25) is 4.79 Å². The molecule has 2 atom stereocenters. The van der Waals surface area contributed by atoms with E-state index in [1.165, 1.54) is 19.2 Å². The van der Waals surface area contributed by atoms with Crippen LogP contribution in [0.15, 0.2) is 24.3 Å². The van der Waals surface area contributed by atoms with E-state index in [4.69, 9.17) is 9.47 Å². The minimum Gasteiger partial charge on any atom is -0.379 e. The first kappa shape index (κ1) is 15.8. The third-order valence-electron chi connectivity index (χ3n) is 3.40. The fraction of sp³-hybridized carbons (Fsp3) is 0.500. The highest BCUT2D eigenvalue weighted by molar-refractivity contribution is 5.94. The highest BCUT2D eigenvalue weighted by atomic mass is 19.4. The Morgan fingerprint density at radius 1 is 1.33 bits per heavy atom. The number of ether oxygens (including phenoxy) is 2. The second kappa shape index (κ2) is 6.44. The Kier molecular flexibility index (Phi) is 4.84. The molecule has 7 heteroatoms. The van der Waals surface area contributed by atoms with Crippen molar-refractivity contribution in [1.29, 1.82) is 0 Å². The van der Waals surface area contributed by atoms with E-state index >= 15 is 0 Å². The molecule has 0 radical (unpaired) electrons. The molecule has 1 heterocycles. The first-order valence-corrected chi connectivity index (χ1v) is 6.50. The predicted molar refractivity (Wildman–Crippen MR) is 68.9 cm³/mol. The summed E-state index contributed by atoms with van der Waals surface area (Å²) in [6.07, 6.45) is -4.06. The molecule has 1 aliphatic rings. The molecule has 21 heavy (non-hydrogen) atoms. The normalized spacial score (nSPS) is 22.9. The summed E-state index contributed by atoms with van der Waals surface area (Å²) in [5.74, 6) is -0.419. The van der Waals surface area contributed by atoms with Crippen LogP contribution in [0.25, 0.3) is 0 Å². The number of benzene rings is 1. The monoisotopic (exact) mass is 303 g/mol. The van der Waals surface area contributed by atoms with Crippen molar-refractivity contribution in [2.24, 2.45) is 0 Å². The highest BCUT2D eigenvalue weighted by Gasteiger charge is 2.31. The van der Waals surface area contributed by atoms with Gasteiger partial charge in [-0.05, 0) is 30.7 Å². The van der Waals surface area contributed by atoms with Crippen LogP contribution < -0.4 is 5.32 Å². The van der Waals surface area contributed by atoms with Crippen LogP contribution in [0.3, 0.4) is 0 Å². The van der Waals surface area contributed by atoms with Crippen molar-refractivity contribution >= 4 is 5.91 Å². The third-order valence-corrected chi connectivity index (χ3v) is 3.40.